The molecule has 0 aliphatic heterocycles. The minimum Gasteiger partial charge on any atom is -0.455 e. The largest absolute Gasteiger partial charge is 0.455 e. The number of carbonyl (C=O) groups excluding carboxylic acids is 3. The summed E-state index contributed by atoms with van der Waals surface area (Å²) in [5.41, 5.74) is -2.15. The van der Waals surface area contributed by atoms with E-state index in [1.807, 2.05) is 0 Å². The summed E-state index contributed by atoms with van der Waals surface area (Å²) in [5.74, 6) is -3.37. The summed E-state index contributed by atoms with van der Waals surface area (Å²) in [5, 5.41) is -4.84. The quantitative estimate of drug-likeness (QED) is 0.143. The van der Waals surface area contributed by atoms with Gasteiger partial charge in [0, 0.05) is 19.3 Å². The van der Waals surface area contributed by atoms with Crippen LogP contribution in [0.2, 0.25) is 0 Å². The zero-order valence-corrected chi connectivity index (χ0v) is 28.9. The lowest BCUT2D eigenvalue weighted by Gasteiger charge is -2.63. The van der Waals surface area contributed by atoms with E-state index >= 15 is 0 Å². The molecule has 4 saturated carbocycles. The Labute approximate surface area is 304 Å². The van der Waals surface area contributed by atoms with Crippen LogP contribution >= 0.6 is 0 Å². The molecule has 0 saturated heterocycles. The van der Waals surface area contributed by atoms with Gasteiger partial charge in [-0.1, -0.05) is 72.0 Å². The number of carbonyl (C=O) groups is 3. The third-order valence-corrected chi connectivity index (χ3v) is 11.5. The number of benzene rings is 2. The van der Waals surface area contributed by atoms with E-state index in [0.717, 1.165) is 0 Å². The molecule has 5 unspecified atom stereocenters. The van der Waals surface area contributed by atoms with Gasteiger partial charge in [0.05, 0.1) is 55.8 Å². The summed E-state index contributed by atoms with van der Waals surface area (Å²) in [6.45, 7) is 0.632. The van der Waals surface area contributed by atoms with E-state index in [1.54, 1.807) is 18.2 Å². The number of rotatable bonds is 13. The third-order valence-electron chi connectivity index (χ3n) is 10.5. The number of hydrogen-bond donors (Lipinski definition) is 1. The summed E-state index contributed by atoms with van der Waals surface area (Å²) >= 11 is 0. The molecular formula is C33H32B6F2O9S. The van der Waals surface area contributed by atoms with Gasteiger partial charge < -0.3 is 14.2 Å². The fourth-order valence-electron chi connectivity index (χ4n) is 8.60. The van der Waals surface area contributed by atoms with E-state index in [2.05, 4.69) is 0 Å². The summed E-state index contributed by atoms with van der Waals surface area (Å²) in [6.07, 6.45) is -2.64. The van der Waals surface area contributed by atoms with Gasteiger partial charge in [0.25, 0.3) is 0 Å². The molecule has 2 aromatic rings. The second kappa shape index (κ2) is 14.1. The first-order valence-corrected chi connectivity index (χ1v) is 17.8. The van der Waals surface area contributed by atoms with Gasteiger partial charge in [0.1, 0.15) is 19.0 Å². The van der Waals surface area contributed by atoms with Crippen LogP contribution < -0.4 is 5.46 Å². The van der Waals surface area contributed by atoms with Crippen molar-refractivity contribution in [2.45, 2.75) is 99.6 Å². The van der Waals surface area contributed by atoms with Crippen LogP contribution in [-0.2, 0) is 60.7 Å². The molecule has 0 aromatic heterocycles. The normalized spacial score (nSPS) is 26.0. The fraction of sp³-hybridized carbons (Fsp3) is 0.545. The summed E-state index contributed by atoms with van der Waals surface area (Å²) in [7, 11) is 29.9. The molecule has 4 fully saturated rings. The SMILES string of the molecule is [B]Cc1cc(C[B])c(C[B])c(C(=O)OC23CC4CC(OC(=O)c5c(C[B])ccc(C[B])c5[B])(C2)CC(C(=O)OC(C)C(F)(F)S(=O)(=O)O)(C4)C3)c1. The monoisotopic (exact) mass is 708 g/mol. The van der Waals surface area contributed by atoms with E-state index < -0.39 is 61.9 Å². The highest BCUT2D eigenvalue weighted by molar-refractivity contribution is 7.86. The van der Waals surface area contributed by atoms with Crippen LogP contribution in [0.4, 0.5) is 8.78 Å². The molecule has 5 atom stereocenters. The van der Waals surface area contributed by atoms with E-state index in [0.29, 0.717) is 34.7 Å². The van der Waals surface area contributed by atoms with E-state index in [-0.39, 0.29) is 86.7 Å². The van der Waals surface area contributed by atoms with Crippen LogP contribution in [0.25, 0.3) is 0 Å². The first-order chi connectivity index (χ1) is 23.8. The minimum absolute atomic E-state index is 0.00654. The van der Waals surface area contributed by atoms with Crippen molar-refractivity contribution in [1.82, 2.24) is 0 Å². The van der Waals surface area contributed by atoms with Crippen LogP contribution in [0.3, 0.4) is 0 Å². The Hall–Kier alpha value is -2.99. The molecular weight excluding hydrogens is 675 g/mol. The lowest BCUT2D eigenvalue weighted by Crippen LogP contribution is -2.67. The highest BCUT2D eigenvalue weighted by Crippen LogP contribution is 2.66. The Morgan fingerprint density at radius 2 is 1.43 bits per heavy atom. The number of halogens is 2. The van der Waals surface area contributed by atoms with Crippen LogP contribution in [-0.4, -0.2) is 101 Å². The lowest BCUT2D eigenvalue weighted by atomic mass is 9.46. The zero-order chi connectivity index (χ0) is 37.7. The molecule has 9 nitrogen and oxygen atoms in total. The molecule has 4 aliphatic carbocycles. The van der Waals surface area contributed by atoms with Crippen molar-refractivity contribution in [3.63, 3.8) is 0 Å². The van der Waals surface area contributed by atoms with Gasteiger partial charge in [-0.2, -0.15) is 17.2 Å². The van der Waals surface area contributed by atoms with Gasteiger partial charge in [-0.3, -0.25) is 9.35 Å². The number of hydrogen-bond acceptors (Lipinski definition) is 8. The number of alkyl halides is 2. The van der Waals surface area contributed by atoms with Crippen molar-refractivity contribution in [3.05, 3.63) is 63.2 Å². The Bertz CT molecular complexity index is 1860. The molecule has 0 heterocycles. The molecule has 1 N–H and O–H groups in total. The Balaban J connectivity index is 1.58. The highest BCUT2D eigenvalue weighted by atomic mass is 32.2. The van der Waals surface area contributed by atoms with Crippen molar-refractivity contribution >= 4 is 80.6 Å². The predicted octanol–water partition coefficient (Wildman–Crippen LogP) is 1.71. The van der Waals surface area contributed by atoms with Crippen molar-refractivity contribution in [3.8, 4) is 0 Å². The Morgan fingerprint density at radius 1 is 0.863 bits per heavy atom. The van der Waals surface area contributed by atoms with Gasteiger partial charge in [-0.25, -0.2) is 9.59 Å². The summed E-state index contributed by atoms with van der Waals surface area (Å²) in [6, 6.07) is 6.49. The molecule has 256 valence electrons. The molecule has 51 heavy (non-hydrogen) atoms. The van der Waals surface area contributed by atoms with Crippen molar-refractivity contribution < 1.29 is 50.3 Å². The van der Waals surface area contributed by atoms with E-state index in [4.69, 9.17) is 65.8 Å². The third kappa shape index (κ3) is 7.08. The zero-order valence-electron chi connectivity index (χ0n) is 28.1. The van der Waals surface area contributed by atoms with Gasteiger partial charge >= 0.3 is 33.3 Å². The fourth-order valence-corrected chi connectivity index (χ4v) is 9.07. The molecule has 4 aliphatic rings. The average Bonchev–Trinajstić information content (AvgIpc) is 3.05. The Kier molecular flexibility index (Phi) is 10.8. The number of esters is 3. The smallest absolute Gasteiger partial charge is 0.405 e. The second-order valence-electron chi connectivity index (χ2n) is 14.0. The first kappa shape index (κ1) is 39.2. The lowest BCUT2D eigenvalue weighted by molar-refractivity contribution is -0.241. The van der Waals surface area contributed by atoms with Crippen LogP contribution in [0.1, 0.15) is 94.0 Å². The molecule has 6 rings (SSSR count). The van der Waals surface area contributed by atoms with Gasteiger partial charge in [0.2, 0.25) is 0 Å². The van der Waals surface area contributed by atoms with Crippen LogP contribution in [0, 0.1) is 11.3 Å². The molecule has 2 aromatic carbocycles. The molecule has 0 spiro atoms. The van der Waals surface area contributed by atoms with Gasteiger partial charge in [-0.15, -0.1) is 0 Å². The molecule has 12 radical (unpaired) electrons. The van der Waals surface area contributed by atoms with Gasteiger partial charge in [-0.05, 0) is 49.3 Å². The predicted molar refractivity (Wildman–Crippen MR) is 188 cm³/mol. The van der Waals surface area contributed by atoms with Crippen LogP contribution in [0.5, 0.6) is 0 Å². The van der Waals surface area contributed by atoms with Crippen LogP contribution in [0.15, 0.2) is 24.3 Å². The van der Waals surface area contributed by atoms with E-state index in [9.17, 15) is 31.6 Å². The topological polar surface area (TPSA) is 133 Å². The first-order valence-electron chi connectivity index (χ1n) is 16.4. The maximum atomic E-state index is 14.6. The minimum atomic E-state index is -5.96. The Morgan fingerprint density at radius 3 is 1.96 bits per heavy atom. The molecule has 18 heteroatoms. The maximum absolute atomic E-state index is 14.6. The second-order valence-corrected chi connectivity index (χ2v) is 15.5. The maximum Gasteiger partial charge on any atom is 0.405 e. The molecule has 4 bridgehead atoms. The standard InChI is InChI=1S/C33H32B6F2O9S/c1-17(33(40,41)51(45,46)47)48-29(44)30-6-19-7-31(14-30,49-27(42)23-5-18(9-34)4-22(12-37)24(23)13-38)16-32(8-19,15-30)50-28(43)25-20(10-35)2-3-21(11-36)26(25)39/h2-5,17,19H,6-16H2,1H3,(H,45,46,47). The van der Waals surface area contributed by atoms with Gasteiger partial charge in [0.15, 0.2) is 6.10 Å². The average molecular weight is 708 g/mol. The molecule has 0 amide bonds. The summed E-state index contributed by atoms with van der Waals surface area (Å²) in [4.78, 5) is 42.1. The van der Waals surface area contributed by atoms with E-state index in [1.165, 1.54) is 6.07 Å². The van der Waals surface area contributed by atoms with Crippen molar-refractivity contribution in [2.75, 3.05) is 0 Å². The number of ether oxygens (including phenoxy) is 3. The highest BCUT2D eigenvalue weighted by Gasteiger charge is 2.70. The van der Waals surface area contributed by atoms with Crippen molar-refractivity contribution in [1.29, 1.82) is 0 Å². The van der Waals surface area contributed by atoms with Crippen molar-refractivity contribution in [2.24, 2.45) is 11.3 Å². The summed E-state index contributed by atoms with van der Waals surface area (Å²) < 4.78 is 78.8.